The first-order valence-electron chi connectivity index (χ1n) is 8.18. The van der Waals surface area contributed by atoms with Crippen molar-refractivity contribution in [3.63, 3.8) is 0 Å². The molecule has 1 aromatic rings. The highest BCUT2D eigenvalue weighted by molar-refractivity contribution is 5.78. The van der Waals surface area contributed by atoms with Gasteiger partial charge in [-0.1, -0.05) is 0 Å². The Morgan fingerprint density at radius 3 is 2.65 bits per heavy atom. The second-order valence-corrected chi connectivity index (χ2v) is 6.60. The first-order valence-corrected chi connectivity index (χ1v) is 8.18. The Bertz CT molecular complexity index is 588. The molecule has 0 bridgehead atoms. The lowest BCUT2D eigenvalue weighted by Crippen LogP contribution is -3.16. The molecule has 1 aliphatic heterocycles. The van der Waals surface area contributed by atoms with Crippen LogP contribution in [-0.4, -0.2) is 54.1 Å². The number of carbonyl (C=O) groups excluding carboxylic acids is 1. The van der Waals surface area contributed by atoms with Gasteiger partial charge in [-0.3, -0.25) is 4.79 Å². The molecule has 7 nitrogen and oxygen atoms in total. The smallest absolute Gasteiger partial charge is 0.276 e. The van der Waals surface area contributed by atoms with Crippen molar-refractivity contribution >= 4 is 11.9 Å². The Hall–Kier alpha value is -2.20. The highest BCUT2D eigenvalue weighted by Crippen LogP contribution is 2.39. The molecule has 2 fully saturated rings. The molecule has 1 aliphatic carbocycles. The van der Waals surface area contributed by atoms with Crippen LogP contribution in [0.25, 0.3) is 0 Å². The van der Waals surface area contributed by atoms with Crippen LogP contribution in [-0.2, 0) is 4.79 Å². The Kier molecular flexibility index (Phi) is 4.44. The molecule has 122 valence electrons. The number of nitrogens with zero attached hydrogens (tertiary/aromatic N) is 4. The Labute approximate surface area is 136 Å². The van der Waals surface area contributed by atoms with Crippen LogP contribution >= 0.6 is 0 Å². The monoisotopic (exact) mass is 315 g/mol. The maximum absolute atomic E-state index is 12.2. The van der Waals surface area contributed by atoms with Gasteiger partial charge in [0.25, 0.3) is 5.91 Å². The molecule has 1 saturated carbocycles. The summed E-state index contributed by atoms with van der Waals surface area (Å²) in [6.45, 7) is 5.68. The maximum Gasteiger partial charge on any atom is 0.276 e. The van der Waals surface area contributed by atoms with Crippen molar-refractivity contribution in [3.05, 3.63) is 18.5 Å². The van der Waals surface area contributed by atoms with Gasteiger partial charge >= 0.3 is 0 Å². The van der Waals surface area contributed by atoms with Crippen LogP contribution in [0.4, 0.5) is 5.95 Å². The average molecular weight is 315 g/mol. The first kappa shape index (κ1) is 15.7. The molecule has 2 N–H and O–H groups in total. The number of rotatable bonds is 5. The van der Waals surface area contributed by atoms with Crippen molar-refractivity contribution in [2.45, 2.75) is 25.3 Å². The number of anilines is 1. The molecule has 0 spiro atoms. The van der Waals surface area contributed by atoms with Crippen LogP contribution < -0.4 is 15.1 Å². The summed E-state index contributed by atoms with van der Waals surface area (Å²) >= 11 is 0. The highest BCUT2D eigenvalue weighted by Gasteiger charge is 2.43. The number of nitrogens with one attached hydrogen (secondary N) is 2. The molecule has 23 heavy (non-hydrogen) atoms. The number of amides is 1. The summed E-state index contributed by atoms with van der Waals surface area (Å²) in [4.78, 5) is 24.2. The molecule has 1 amide bonds. The molecule has 0 radical (unpaired) electrons. The number of hydrogen-bond donors (Lipinski definition) is 2. The first-order chi connectivity index (χ1) is 11.1. The zero-order valence-corrected chi connectivity index (χ0v) is 13.5. The molecule has 0 aromatic carbocycles. The van der Waals surface area contributed by atoms with E-state index in [0.29, 0.717) is 12.5 Å². The van der Waals surface area contributed by atoms with Gasteiger partial charge in [-0.25, -0.2) is 9.97 Å². The van der Waals surface area contributed by atoms with Gasteiger partial charge in [0.15, 0.2) is 6.54 Å². The lowest BCUT2D eigenvalue weighted by atomic mass is 9.98. The van der Waals surface area contributed by atoms with Crippen molar-refractivity contribution < 1.29 is 9.69 Å². The quantitative estimate of drug-likeness (QED) is 0.727. The normalized spacial score (nSPS) is 21.3. The topological polar surface area (TPSA) is 86.4 Å². The molecule has 2 heterocycles. The Balaban J connectivity index is 1.47. The highest BCUT2D eigenvalue weighted by atomic mass is 16.2. The van der Waals surface area contributed by atoms with Crippen molar-refractivity contribution in [2.75, 3.05) is 37.6 Å². The van der Waals surface area contributed by atoms with Crippen LogP contribution in [0.15, 0.2) is 18.5 Å². The van der Waals surface area contributed by atoms with E-state index in [-0.39, 0.29) is 5.91 Å². The van der Waals surface area contributed by atoms with E-state index in [1.54, 1.807) is 18.5 Å². The zero-order chi connectivity index (χ0) is 16.3. The van der Waals surface area contributed by atoms with Crippen LogP contribution in [0.5, 0.6) is 0 Å². The van der Waals surface area contributed by atoms with Gasteiger partial charge in [0.2, 0.25) is 5.95 Å². The van der Waals surface area contributed by atoms with Crippen molar-refractivity contribution in [2.24, 2.45) is 5.92 Å². The average Bonchev–Trinajstić information content (AvgIpc) is 3.41. The predicted molar refractivity (Wildman–Crippen MR) is 84.7 cm³/mol. The van der Waals surface area contributed by atoms with Crippen LogP contribution in [0.3, 0.4) is 0 Å². The van der Waals surface area contributed by atoms with E-state index in [1.807, 2.05) is 6.92 Å². The minimum absolute atomic E-state index is 0.0274. The van der Waals surface area contributed by atoms with Crippen molar-refractivity contribution in [3.8, 4) is 6.07 Å². The van der Waals surface area contributed by atoms with Gasteiger partial charge < -0.3 is 15.1 Å². The minimum Gasteiger partial charge on any atom is -0.333 e. The molecular formula is C16H23N6O+. The van der Waals surface area contributed by atoms with Gasteiger partial charge in [-0.05, 0) is 31.7 Å². The Morgan fingerprint density at radius 2 is 2.09 bits per heavy atom. The lowest BCUT2D eigenvalue weighted by Gasteiger charge is -2.32. The predicted octanol–water partition coefficient (Wildman–Crippen LogP) is -1.01. The maximum atomic E-state index is 12.2. The van der Waals surface area contributed by atoms with E-state index < -0.39 is 5.54 Å². The summed E-state index contributed by atoms with van der Waals surface area (Å²) in [7, 11) is 0. The van der Waals surface area contributed by atoms with Gasteiger partial charge in [-0.2, -0.15) is 5.26 Å². The van der Waals surface area contributed by atoms with E-state index in [1.165, 1.54) is 4.90 Å². The van der Waals surface area contributed by atoms with Crippen molar-refractivity contribution in [1.29, 1.82) is 5.26 Å². The molecule has 1 saturated heterocycles. The number of quaternary nitrogens is 1. The summed E-state index contributed by atoms with van der Waals surface area (Å²) in [5, 5.41) is 12.3. The number of hydrogen-bond acceptors (Lipinski definition) is 5. The van der Waals surface area contributed by atoms with E-state index in [0.717, 1.165) is 45.0 Å². The van der Waals surface area contributed by atoms with Crippen LogP contribution in [0.1, 0.15) is 19.8 Å². The van der Waals surface area contributed by atoms with Gasteiger partial charge in [0, 0.05) is 12.4 Å². The largest absolute Gasteiger partial charge is 0.333 e. The molecule has 3 rings (SSSR count). The van der Waals surface area contributed by atoms with E-state index in [9.17, 15) is 10.1 Å². The standard InChI is InChI=1S/C16H22N6O/c1-16(12-17,13-3-4-13)20-14(23)11-21-7-9-22(10-8-21)15-18-5-2-6-19-15/h2,5-6,13H,3-4,7-11H2,1H3,(H,20,23)/p+1/t16-/m0/s1. The van der Waals surface area contributed by atoms with Gasteiger partial charge in [0.1, 0.15) is 5.54 Å². The van der Waals surface area contributed by atoms with Gasteiger partial charge in [0.05, 0.1) is 32.2 Å². The summed E-state index contributed by atoms with van der Waals surface area (Å²) in [5.74, 6) is 1.04. The molecule has 1 atom stereocenters. The molecule has 7 heteroatoms. The second kappa shape index (κ2) is 6.50. The molecular weight excluding hydrogens is 292 g/mol. The van der Waals surface area contributed by atoms with E-state index >= 15 is 0 Å². The number of aromatic nitrogens is 2. The summed E-state index contributed by atoms with van der Waals surface area (Å²) in [6, 6.07) is 4.08. The fourth-order valence-corrected chi connectivity index (χ4v) is 3.10. The summed E-state index contributed by atoms with van der Waals surface area (Å²) in [5.41, 5.74) is -0.698. The number of nitriles is 1. The number of piperazine rings is 1. The van der Waals surface area contributed by atoms with E-state index in [4.69, 9.17) is 0 Å². The summed E-state index contributed by atoms with van der Waals surface area (Å²) in [6.07, 6.45) is 5.56. The third kappa shape index (κ3) is 3.77. The summed E-state index contributed by atoms with van der Waals surface area (Å²) < 4.78 is 0. The molecule has 1 aromatic heterocycles. The van der Waals surface area contributed by atoms with Crippen LogP contribution in [0.2, 0.25) is 0 Å². The van der Waals surface area contributed by atoms with E-state index in [2.05, 4.69) is 26.3 Å². The zero-order valence-electron chi connectivity index (χ0n) is 13.5. The Morgan fingerprint density at radius 1 is 1.43 bits per heavy atom. The minimum atomic E-state index is -0.698. The molecule has 0 unspecified atom stereocenters. The number of carbonyl (C=O) groups is 1. The van der Waals surface area contributed by atoms with Crippen molar-refractivity contribution in [1.82, 2.24) is 15.3 Å². The second-order valence-electron chi connectivity index (χ2n) is 6.60. The fourth-order valence-electron chi connectivity index (χ4n) is 3.10. The lowest BCUT2D eigenvalue weighted by molar-refractivity contribution is -0.892. The van der Waals surface area contributed by atoms with Crippen LogP contribution in [0, 0.1) is 17.2 Å². The third-order valence-electron chi connectivity index (χ3n) is 4.74. The molecule has 2 aliphatic rings. The fraction of sp³-hybridized carbons (Fsp3) is 0.625. The van der Waals surface area contributed by atoms with Gasteiger partial charge in [-0.15, -0.1) is 0 Å². The SMILES string of the molecule is C[C@@](C#N)(NC(=O)C[NH+]1CCN(c2ncccn2)CC1)C1CC1. The third-order valence-corrected chi connectivity index (χ3v) is 4.74.